The molecule has 1 aromatic carbocycles. The zero-order chi connectivity index (χ0) is 14.3. The second kappa shape index (κ2) is 7.05. The molecule has 1 aromatic rings. The van der Waals surface area contributed by atoms with Crippen molar-refractivity contribution in [1.29, 1.82) is 0 Å². The van der Waals surface area contributed by atoms with Crippen molar-refractivity contribution in [3.8, 4) is 17.6 Å². The third-order valence-corrected chi connectivity index (χ3v) is 2.35. The van der Waals surface area contributed by atoms with Gasteiger partial charge in [-0.15, -0.1) is 0 Å². The molecule has 0 aliphatic heterocycles. The van der Waals surface area contributed by atoms with E-state index >= 15 is 0 Å². The van der Waals surface area contributed by atoms with Gasteiger partial charge in [0.1, 0.15) is 12.4 Å². The van der Waals surface area contributed by atoms with Gasteiger partial charge in [0.2, 0.25) is 0 Å². The van der Waals surface area contributed by atoms with Crippen molar-refractivity contribution in [3.63, 3.8) is 0 Å². The fraction of sp³-hybridized carbons (Fsp3) is 0.429. The first kappa shape index (κ1) is 15.4. The van der Waals surface area contributed by atoms with Gasteiger partial charge >= 0.3 is 6.18 Å². The van der Waals surface area contributed by atoms with Crippen molar-refractivity contribution in [2.45, 2.75) is 25.9 Å². The molecule has 0 saturated carbocycles. The van der Waals surface area contributed by atoms with Crippen LogP contribution in [-0.2, 0) is 0 Å². The topological polar surface area (TPSA) is 29.5 Å². The Hall–Kier alpha value is -1.67. The van der Waals surface area contributed by atoms with Crippen molar-refractivity contribution < 1.29 is 23.0 Å². The number of hydrogen-bond acceptors (Lipinski definition) is 2. The van der Waals surface area contributed by atoms with Gasteiger partial charge in [0.15, 0.2) is 0 Å². The minimum Gasteiger partial charge on any atom is -0.493 e. The number of aryl methyl sites for hydroxylation is 1. The van der Waals surface area contributed by atoms with Crippen LogP contribution in [0, 0.1) is 18.8 Å². The zero-order valence-corrected chi connectivity index (χ0v) is 10.5. The maximum atomic E-state index is 11.9. The fourth-order valence-corrected chi connectivity index (χ4v) is 1.49. The largest absolute Gasteiger partial charge is 0.493 e. The van der Waals surface area contributed by atoms with Crippen LogP contribution in [0.2, 0.25) is 0 Å². The van der Waals surface area contributed by atoms with E-state index in [0.717, 1.165) is 11.1 Å². The summed E-state index contributed by atoms with van der Waals surface area (Å²) >= 11 is 0. The van der Waals surface area contributed by atoms with Gasteiger partial charge in [-0.2, -0.15) is 13.2 Å². The molecule has 104 valence electrons. The quantitative estimate of drug-likeness (QED) is 0.674. The van der Waals surface area contributed by atoms with E-state index in [2.05, 4.69) is 11.8 Å². The molecule has 19 heavy (non-hydrogen) atoms. The monoisotopic (exact) mass is 272 g/mol. The Morgan fingerprint density at radius 3 is 2.63 bits per heavy atom. The van der Waals surface area contributed by atoms with Gasteiger partial charge < -0.3 is 9.84 Å². The van der Waals surface area contributed by atoms with Gasteiger partial charge in [0, 0.05) is 12.0 Å². The number of aliphatic hydroxyl groups is 1. The van der Waals surface area contributed by atoms with Crippen molar-refractivity contribution in [2.24, 2.45) is 0 Å². The first-order valence-corrected chi connectivity index (χ1v) is 5.82. The maximum absolute atomic E-state index is 11.9. The Morgan fingerprint density at radius 1 is 1.32 bits per heavy atom. The average molecular weight is 272 g/mol. The second-order valence-corrected chi connectivity index (χ2v) is 4.01. The molecule has 0 fully saturated rings. The number of hydrogen-bond donors (Lipinski definition) is 1. The van der Waals surface area contributed by atoms with Crippen LogP contribution in [0.3, 0.4) is 0 Å². The van der Waals surface area contributed by atoms with E-state index in [4.69, 9.17) is 9.84 Å². The average Bonchev–Trinajstić information content (AvgIpc) is 2.32. The maximum Gasteiger partial charge on any atom is 0.389 e. The molecule has 0 aliphatic carbocycles. The van der Waals surface area contributed by atoms with Crippen LogP contribution in [0.4, 0.5) is 13.2 Å². The first-order chi connectivity index (χ1) is 8.92. The highest BCUT2D eigenvalue weighted by atomic mass is 19.4. The summed E-state index contributed by atoms with van der Waals surface area (Å²) in [6.45, 7) is 1.61. The van der Waals surface area contributed by atoms with Gasteiger partial charge in [-0.25, -0.2) is 0 Å². The molecule has 0 spiro atoms. The summed E-state index contributed by atoms with van der Waals surface area (Å²) in [5.41, 5.74) is 1.53. The van der Waals surface area contributed by atoms with E-state index in [1.54, 1.807) is 25.1 Å². The molecule has 1 N–H and O–H groups in total. The molecule has 0 aromatic heterocycles. The highest BCUT2D eigenvalue weighted by Crippen LogP contribution is 2.23. The SMILES string of the molecule is Cc1cc(C#CCO)ccc1OCCCC(F)(F)F. The number of aliphatic hydroxyl groups excluding tert-OH is 1. The molecule has 2 nitrogen and oxygen atoms in total. The molecule has 0 radical (unpaired) electrons. The van der Waals surface area contributed by atoms with E-state index in [-0.39, 0.29) is 19.6 Å². The second-order valence-electron chi connectivity index (χ2n) is 4.01. The van der Waals surface area contributed by atoms with Crippen LogP contribution < -0.4 is 4.74 Å². The summed E-state index contributed by atoms with van der Waals surface area (Å²) < 4.78 is 41.1. The Labute approximate surface area is 110 Å². The minimum absolute atomic E-state index is 0.0298. The Kier molecular flexibility index (Phi) is 5.71. The number of ether oxygens (including phenoxy) is 1. The Morgan fingerprint density at radius 2 is 2.05 bits per heavy atom. The Balaban J connectivity index is 2.51. The van der Waals surface area contributed by atoms with Crippen LogP contribution in [0.5, 0.6) is 5.75 Å². The summed E-state index contributed by atoms with van der Waals surface area (Å²) in [4.78, 5) is 0. The lowest BCUT2D eigenvalue weighted by atomic mass is 10.1. The van der Waals surface area contributed by atoms with Crippen LogP contribution >= 0.6 is 0 Å². The van der Waals surface area contributed by atoms with Crippen molar-refractivity contribution in [2.75, 3.05) is 13.2 Å². The molecule has 0 unspecified atom stereocenters. The highest BCUT2D eigenvalue weighted by Gasteiger charge is 2.26. The molecule has 0 amide bonds. The van der Waals surface area contributed by atoms with Gasteiger partial charge in [0.05, 0.1) is 6.61 Å². The summed E-state index contributed by atoms with van der Waals surface area (Å²) in [6, 6.07) is 5.14. The van der Waals surface area contributed by atoms with E-state index in [1.165, 1.54) is 0 Å². The smallest absolute Gasteiger partial charge is 0.389 e. The molecule has 0 aliphatic rings. The minimum atomic E-state index is -4.14. The van der Waals surface area contributed by atoms with E-state index in [9.17, 15) is 13.2 Å². The third kappa shape index (κ3) is 6.16. The van der Waals surface area contributed by atoms with Crippen LogP contribution in [-0.4, -0.2) is 24.5 Å². The highest BCUT2D eigenvalue weighted by molar-refractivity contribution is 5.43. The summed E-state index contributed by atoms with van der Waals surface area (Å²) in [5.74, 6) is 5.82. The van der Waals surface area contributed by atoms with Crippen LogP contribution in [0.15, 0.2) is 18.2 Å². The van der Waals surface area contributed by atoms with Gasteiger partial charge in [-0.05, 0) is 37.1 Å². The van der Waals surface area contributed by atoms with Crippen molar-refractivity contribution in [1.82, 2.24) is 0 Å². The molecule has 5 heteroatoms. The standard InChI is InChI=1S/C14H15F3O2/c1-11-10-12(4-2-8-18)5-6-13(11)19-9-3-7-14(15,16)17/h5-6,10,18H,3,7-9H2,1H3. The lowest BCUT2D eigenvalue weighted by Gasteiger charge is -2.10. The van der Waals surface area contributed by atoms with E-state index in [0.29, 0.717) is 5.75 Å². The van der Waals surface area contributed by atoms with Crippen molar-refractivity contribution >= 4 is 0 Å². The van der Waals surface area contributed by atoms with Gasteiger partial charge in [0.25, 0.3) is 0 Å². The number of benzene rings is 1. The van der Waals surface area contributed by atoms with E-state index < -0.39 is 12.6 Å². The lowest BCUT2D eigenvalue weighted by Crippen LogP contribution is -2.10. The molecular formula is C14H15F3O2. The summed E-state index contributed by atoms with van der Waals surface area (Å²) in [6.07, 6.45) is -5.04. The molecule has 1 rings (SSSR count). The Bertz CT molecular complexity index is 470. The van der Waals surface area contributed by atoms with E-state index in [1.807, 2.05) is 0 Å². The first-order valence-electron chi connectivity index (χ1n) is 5.82. The van der Waals surface area contributed by atoms with Crippen LogP contribution in [0.1, 0.15) is 24.0 Å². The number of rotatable bonds is 4. The zero-order valence-electron chi connectivity index (χ0n) is 10.5. The molecular weight excluding hydrogens is 257 g/mol. The summed E-state index contributed by atoms with van der Waals surface area (Å²) in [5, 5.41) is 8.57. The van der Waals surface area contributed by atoms with Crippen LogP contribution in [0.25, 0.3) is 0 Å². The van der Waals surface area contributed by atoms with Gasteiger partial charge in [-0.1, -0.05) is 11.8 Å². The van der Waals surface area contributed by atoms with Gasteiger partial charge in [-0.3, -0.25) is 0 Å². The van der Waals surface area contributed by atoms with Crippen molar-refractivity contribution in [3.05, 3.63) is 29.3 Å². The third-order valence-electron chi connectivity index (χ3n) is 2.35. The predicted octanol–water partition coefficient (Wildman–Crippen LogP) is 3.06. The number of halogens is 3. The summed E-state index contributed by atoms with van der Waals surface area (Å²) in [7, 11) is 0. The number of alkyl halides is 3. The molecule has 0 atom stereocenters. The normalized spacial score (nSPS) is 10.8. The predicted molar refractivity (Wildman–Crippen MR) is 65.9 cm³/mol. The molecule has 0 bridgehead atoms. The molecule has 0 saturated heterocycles. The fourth-order valence-electron chi connectivity index (χ4n) is 1.49. The molecule has 0 heterocycles. The lowest BCUT2D eigenvalue weighted by molar-refractivity contribution is -0.136.